The number of halogens is 1. The van der Waals surface area contributed by atoms with Crippen molar-refractivity contribution < 1.29 is 4.52 Å². The second-order valence-electron chi connectivity index (χ2n) is 7.12. The number of nitrogens with two attached hydrogens (primary N) is 1. The SMILES string of the molecule is CC(C)(C)c1noc(CN2CC3CCC(N)C3C2)n1.Cl. The number of rotatable bonds is 2. The maximum absolute atomic E-state index is 6.16. The second kappa shape index (κ2) is 5.62. The minimum absolute atomic E-state index is 0. The van der Waals surface area contributed by atoms with Gasteiger partial charge in [0.25, 0.3) is 0 Å². The van der Waals surface area contributed by atoms with E-state index in [0.29, 0.717) is 12.0 Å². The predicted molar refractivity (Wildman–Crippen MR) is 79.7 cm³/mol. The molecule has 0 bridgehead atoms. The molecule has 2 N–H and O–H groups in total. The molecule has 0 radical (unpaired) electrons. The van der Waals surface area contributed by atoms with Gasteiger partial charge >= 0.3 is 0 Å². The lowest BCUT2D eigenvalue weighted by Gasteiger charge is -2.16. The highest BCUT2D eigenvalue weighted by Crippen LogP contribution is 2.37. The van der Waals surface area contributed by atoms with Gasteiger partial charge in [0.1, 0.15) is 0 Å². The molecule has 1 saturated heterocycles. The lowest BCUT2D eigenvalue weighted by atomic mass is 9.96. The first-order chi connectivity index (χ1) is 8.93. The Balaban J connectivity index is 0.00000147. The third kappa shape index (κ3) is 3.00. The highest BCUT2D eigenvalue weighted by molar-refractivity contribution is 5.85. The zero-order chi connectivity index (χ0) is 13.6. The van der Waals surface area contributed by atoms with Crippen molar-refractivity contribution in [3.63, 3.8) is 0 Å². The molecule has 0 aromatic carbocycles. The van der Waals surface area contributed by atoms with Crippen LogP contribution in [0.15, 0.2) is 4.52 Å². The molecule has 1 saturated carbocycles. The van der Waals surface area contributed by atoms with Crippen LogP contribution in [0.2, 0.25) is 0 Å². The van der Waals surface area contributed by atoms with E-state index in [-0.39, 0.29) is 17.8 Å². The van der Waals surface area contributed by atoms with E-state index in [2.05, 4.69) is 35.8 Å². The van der Waals surface area contributed by atoms with Gasteiger partial charge in [0.2, 0.25) is 5.89 Å². The van der Waals surface area contributed by atoms with Gasteiger partial charge in [0, 0.05) is 24.5 Å². The molecule has 1 aliphatic heterocycles. The molecule has 1 aromatic heterocycles. The van der Waals surface area contributed by atoms with Crippen molar-refractivity contribution in [1.82, 2.24) is 15.0 Å². The number of likely N-dealkylation sites (tertiary alicyclic amines) is 1. The maximum atomic E-state index is 6.16. The first-order valence-electron chi connectivity index (χ1n) is 7.24. The van der Waals surface area contributed by atoms with Crippen LogP contribution in [0.3, 0.4) is 0 Å². The normalized spacial score (nSPS) is 30.3. The summed E-state index contributed by atoms with van der Waals surface area (Å²) in [4.78, 5) is 6.92. The van der Waals surface area contributed by atoms with E-state index in [1.54, 1.807) is 0 Å². The van der Waals surface area contributed by atoms with Gasteiger partial charge in [-0.15, -0.1) is 12.4 Å². The molecule has 3 atom stereocenters. The first kappa shape index (κ1) is 15.7. The van der Waals surface area contributed by atoms with Gasteiger partial charge in [-0.1, -0.05) is 25.9 Å². The van der Waals surface area contributed by atoms with Crippen molar-refractivity contribution in [3.8, 4) is 0 Å². The fourth-order valence-electron chi connectivity index (χ4n) is 3.34. The fraction of sp³-hybridized carbons (Fsp3) is 0.857. The van der Waals surface area contributed by atoms with Crippen molar-refractivity contribution in [1.29, 1.82) is 0 Å². The lowest BCUT2D eigenvalue weighted by Crippen LogP contribution is -2.30. The number of hydrogen-bond acceptors (Lipinski definition) is 5. The molecule has 20 heavy (non-hydrogen) atoms. The van der Waals surface area contributed by atoms with Crippen LogP contribution in [0.4, 0.5) is 0 Å². The van der Waals surface area contributed by atoms with E-state index >= 15 is 0 Å². The lowest BCUT2D eigenvalue weighted by molar-refractivity contribution is 0.249. The van der Waals surface area contributed by atoms with Crippen molar-refractivity contribution >= 4 is 12.4 Å². The summed E-state index contributed by atoms with van der Waals surface area (Å²) in [6.07, 6.45) is 2.47. The monoisotopic (exact) mass is 300 g/mol. The average molecular weight is 301 g/mol. The molecule has 2 fully saturated rings. The molecule has 0 amide bonds. The van der Waals surface area contributed by atoms with Gasteiger partial charge in [0.15, 0.2) is 5.82 Å². The average Bonchev–Trinajstić information content (AvgIpc) is 2.97. The molecular weight excluding hydrogens is 276 g/mol. The molecule has 3 rings (SSSR count). The Kier molecular flexibility index (Phi) is 4.42. The maximum Gasteiger partial charge on any atom is 0.240 e. The summed E-state index contributed by atoms with van der Waals surface area (Å²) in [7, 11) is 0. The molecule has 0 spiro atoms. The van der Waals surface area contributed by atoms with Crippen molar-refractivity contribution in [3.05, 3.63) is 11.7 Å². The predicted octanol–water partition coefficient (Wildman–Crippen LogP) is 1.96. The van der Waals surface area contributed by atoms with Gasteiger partial charge in [-0.2, -0.15) is 4.98 Å². The first-order valence-corrected chi connectivity index (χ1v) is 7.24. The van der Waals surface area contributed by atoms with Crippen molar-refractivity contribution in [2.75, 3.05) is 13.1 Å². The van der Waals surface area contributed by atoms with Crippen LogP contribution >= 0.6 is 12.4 Å². The van der Waals surface area contributed by atoms with Crippen LogP contribution in [-0.2, 0) is 12.0 Å². The number of hydrogen-bond donors (Lipinski definition) is 1. The van der Waals surface area contributed by atoms with Gasteiger partial charge in [-0.25, -0.2) is 0 Å². The number of aromatic nitrogens is 2. The van der Waals surface area contributed by atoms with Crippen molar-refractivity contribution in [2.45, 2.75) is 51.6 Å². The highest BCUT2D eigenvalue weighted by atomic mass is 35.5. The van der Waals surface area contributed by atoms with Gasteiger partial charge in [-0.05, 0) is 24.7 Å². The van der Waals surface area contributed by atoms with E-state index in [1.807, 2.05) is 0 Å². The molecule has 3 unspecified atom stereocenters. The Morgan fingerprint density at radius 2 is 2.05 bits per heavy atom. The summed E-state index contributed by atoms with van der Waals surface area (Å²) in [5.74, 6) is 2.97. The van der Waals surface area contributed by atoms with E-state index in [4.69, 9.17) is 10.3 Å². The summed E-state index contributed by atoms with van der Waals surface area (Å²) in [5.41, 5.74) is 6.11. The smallest absolute Gasteiger partial charge is 0.240 e. The zero-order valence-corrected chi connectivity index (χ0v) is 13.3. The van der Waals surface area contributed by atoms with Gasteiger partial charge < -0.3 is 10.3 Å². The summed E-state index contributed by atoms with van der Waals surface area (Å²) in [6, 6.07) is 0.392. The molecular formula is C14H25ClN4O. The third-order valence-corrected chi connectivity index (χ3v) is 4.49. The molecule has 1 aromatic rings. The summed E-state index contributed by atoms with van der Waals surface area (Å²) < 4.78 is 5.37. The Labute approximate surface area is 126 Å². The molecule has 114 valence electrons. The molecule has 5 nitrogen and oxygen atoms in total. The Hall–Kier alpha value is -0.650. The van der Waals surface area contributed by atoms with Gasteiger partial charge in [-0.3, -0.25) is 4.90 Å². The van der Waals surface area contributed by atoms with Crippen LogP contribution in [0.5, 0.6) is 0 Å². The summed E-state index contributed by atoms with van der Waals surface area (Å²) in [5, 5.41) is 4.08. The molecule has 2 aliphatic rings. The topological polar surface area (TPSA) is 68.2 Å². The summed E-state index contributed by atoms with van der Waals surface area (Å²) >= 11 is 0. The van der Waals surface area contributed by atoms with E-state index in [9.17, 15) is 0 Å². The Morgan fingerprint density at radius 1 is 1.30 bits per heavy atom. The van der Waals surface area contributed by atoms with E-state index in [1.165, 1.54) is 12.8 Å². The van der Waals surface area contributed by atoms with E-state index < -0.39 is 0 Å². The van der Waals surface area contributed by atoms with Crippen molar-refractivity contribution in [2.24, 2.45) is 17.6 Å². The quantitative estimate of drug-likeness (QED) is 0.904. The van der Waals surface area contributed by atoms with Gasteiger partial charge in [0.05, 0.1) is 6.54 Å². The van der Waals surface area contributed by atoms with E-state index in [0.717, 1.165) is 37.3 Å². The Morgan fingerprint density at radius 3 is 2.65 bits per heavy atom. The molecule has 6 heteroatoms. The number of nitrogens with zero attached hydrogens (tertiary/aromatic N) is 3. The Bertz CT molecular complexity index is 456. The largest absolute Gasteiger partial charge is 0.338 e. The third-order valence-electron chi connectivity index (χ3n) is 4.49. The zero-order valence-electron chi connectivity index (χ0n) is 12.5. The van der Waals surface area contributed by atoms with Crippen LogP contribution in [0.1, 0.15) is 45.3 Å². The molecule has 1 aliphatic carbocycles. The van der Waals surface area contributed by atoms with Crippen LogP contribution < -0.4 is 5.73 Å². The number of fused-ring (bicyclic) bond motifs is 1. The van der Waals surface area contributed by atoms with Crippen LogP contribution in [-0.4, -0.2) is 34.2 Å². The minimum Gasteiger partial charge on any atom is -0.338 e. The van der Waals surface area contributed by atoms with Crippen LogP contribution in [0.25, 0.3) is 0 Å². The van der Waals surface area contributed by atoms with Crippen LogP contribution in [0, 0.1) is 11.8 Å². The standard InChI is InChI=1S/C14H24N4O.ClH/c1-14(2,3)13-16-12(19-17-13)8-18-6-9-4-5-11(15)10(9)7-18;/h9-11H,4-8,15H2,1-3H3;1H. The summed E-state index contributed by atoms with van der Waals surface area (Å²) in [6.45, 7) is 9.27. The minimum atomic E-state index is -0.0500. The second-order valence-corrected chi connectivity index (χ2v) is 7.12. The molecule has 2 heterocycles. The highest BCUT2D eigenvalue weighted by Gasteiger charge is 2.41. The fourth-order valence-corrected chi connectivity index (χ4v) is 3.34.